The topological polar surface area (TPSA) is 76.1 Å². The normalized spacial score (nSPS) is 10.5. The van der Waals surface area contributed by atoms with Gasteiger partial charge >= 0.3 is 5.97 Å². The van der Waals surface area contributed by atoms with Gasteiger partial charge < -0.3 is 15.4 Å². The van der Waals surface area contributed by atoms with E-state index >= 15 is 0 Å². The van der Waals surface area contributed by atoms with Gasteiger partial charge in [0.05, 0.1) is 12.2 Å². The molecular formula is C17H22N4O2. The van der Waals surface area contributed by atoms with Crippen LogP contribution in [0.5, 0.6) is 0 Å². The predicted octanol–water partition coefficient (Wildman–Crippen LogP) is 3.53. The van der Waals surface area contributed by atoms with E-state index in [1.807, 2.05) is 13.0 Å². The molecule has 0 unspecified atom stereocenters. The van der Waals surface area contributed by atoms with Crippen molar-refractivity contribution in [3.63, 3.8) is 0 Å². The maximum absolute atomic E-state index is 11.6. The number of benzene rings is 1. The highest BCUT2D eigenvalue weighted by Crippen LogP contribution is 2.17. The molecule has 0 spiro atoms. The van der Waals surface area contributed by atoms with E-state index in [1.54, 1.807) is 31.2 Å². The second kappa shape index (κ2) is 7.58. The number of hydrogen-bond acceptors (Lipinski definition) is 6. The molecule has 23 heavy (non-hydrogen) atoms. The van der Waals surface area contributed by atoms with Crippen molar-refractivity contribution in [3.05, 3.63) is 41.6 Å². The highest BCUT2D eigenvalue weighted by atomic mass is 16.5. The number of rotatable bonds is 6. The smallest absolute Gasteiger partial charge is 0.338 e. The van der Waals surface area contributed by atoms with Crippen LogP contribution in [0.1, 0.15) is 36.8 Å². The molecule has 0 aliphatic carbocycles. The molecule has 2 rings (SSSR count). The Morgan fingerprint density at radius 1 is 1.22 bits per heavy atom. The average Bonchev–Trinajstić information content (AvgIpc) is 2.46. The molecule has 0 fully saturated rings. The minimum absolute atomic E-state index is 0.293. The molecule has 122 valence electrons. The minimum atomic E-state index is -0.325. The summed E-state index contributed by atoms with van der Waals surface area (Å²) in [6.07, 6.45) is 0. The first-order chi connectivity index (χ1) is 11.0. The summed E-state index contributed by atoms with van der Waals surface area (Å²) in [5, 5.41) is 6.40. The van der Waals surface area contributed by atoms with Crippen molar-refractivity contribution in [2.75, 3.05) is 17.2 Å². The highest BCUT2D eigenvalue weighted by Gasteiger charge is 2.07. The van der Waals surface area contributed by atoms with Crippen molar-refractivity contribution >= 4 is 23.4 Å². The molecule has 0 saturated carbocycles. The summed E-state index contributed by atoms with van der Waals surface area (Å²) in [5.41, 5.74) is 2.19. The Morgan fingerprint density at radius 3 is 2.52 bits per heavy atom. The van der Waals surface area contributed by atoms with Gasteiger partial charge in [0.25, 0.3) is 0 Å². The predicted molar refractivity (Wildman–Crippen MR) is 91.2 cm³/mol. The number of carbonyl (C=O) groups excluding carboxylic acids is 1. The molecule has 6 nitrogen and oxygen atoms in total. The molecule has 2 N–H and O–H groups in total. The summed E-state index contributed by atoms with van der Waals surface area (Å²) in [7, 11) is 0. The van der Waals surface area contributed by atoms with E-state index in [1.165, 1.54) is 0 Å². The molecule has 1 aromatic heterocycles. The summed E-state index contributed by atoms with van der Waals surface area (Å²) in [6.45, 7) is 8.17. The molecule has 0 aliphatic heterocycles. The second-order valence-electron chi connectivity index (χ2n) is 5.44. The molecule has 0 aliphatic rings. The fourth-order valence-corrected chi connectivity index (χ4v) is 2.03. The third-order valence-corrected chi connectivity index (χ3v) is 2.94. The first-order valence-electron chi connectivity index (χ1n) is 7.64. The molecule has 0 atom stereocenters. The molecule has 0 amide bonds. The molecule has 2 aromatic rings. The van der Waals surface area contributed by atoms with Gasteiger partial charge in [0.1, 0.15) is 5.82 Å². The standard InChI is InChI=1S/C17H22N4O2/c1-5-23-16(22)13-6-8-14(9-7-13)20-17-19-12(4)10-15(21-17)18-11(2)3/h6-11H,5H2,1-4H3,(H2,18,19,20,21). The molecule has 0 saturated heterocycles. The van der Waals surface area contributed by atoms with Gasteiger partial charge in [-0.2, -0.15) is 4.98 Å². The largest absolute Gasteiger partial charge is 0.462 e. The highest BCUT2D eigenvalue weighted by molar-refractivity contribution is 5.89. The number of ether oxygens (including phenoxy) is 1. The number of esters is 1. The lowest BCUT2D eigenvalue weighted by Crippen LogP contribution is -2.12. The van der Waals surface area contributed by atoms with Crippen molar-refractivity contribution in [2.24, 2.45) is 0 Å². The zero-order valence-electron chi connectivity index (χ0n) is 13.9. The summed E-state index contributed by atoms with van der Waals surface area (Å²) >= 11 is 0. The van der Waals surface area contributed by atoms with Gasteiger partial charge in [-0.1, -0.05) is 0 Å². The average molecular weight is 314 g/mol. The number of hydrogen-bond donors (Lipinski definition) is 2. The third kappa shape index (κ3) is 4.95. The van der Waals surface area contributed by atoms with E-state index < -0.39 is 0 Å². The van der Waals surface area contributed by atoms with Crippen LogP contribution in [0.15, 0.2) is 30.3 Å². The third-order valence-electron chi connectivity index (χ3n) is 2.94. The van der Waals surface area contributed by atoms with Crippen LogP contribution in [0.4, 0.5) is 17.5 Å². The Labute approximate surface area is 136 Å². The van der Waals surface area contributed by atoms with Crippen molar-refractivity contribution in [1.82, 2.24) is 9.97 Å². The Hall–Kier alpha value is -2.63. The van der Waals surface area contributed by atoms with E-state index in [9.17, 15) is 4.79 Å². The Kier molecular flexibility index (Phi) is 5.51. The summed E-state index contributed by atoms with van der Waals surface area (Å²) in [4.78, 5) is 20.4. The van der Waals surface area contributed by atoms with Gasteiger partial charge in [-0.05, 0) is 52.0 Å². The number of carbonyl (C=O) groups is 1. The van der Waals surface area contributed by atoms with Gasteiger partial charge in [0, 0.05) is 23.5 Å². The molecule has 6 heteroatoms. The number of aromatic nitrogens is 2. The van der Waals surface area contributed by atoms with Crippen LogP contribution in [0.3, 0.4) is 0 Å². The Morgan fingerprint density at radius 2 is 1.91 bits per heavy atom. The summed E-state index contributed by atoms with van der Waals surface area (Å²) in [5.74, 6) is 0.962. The lowest BCUT2D eigenvalue weighted by atomic mass is 10.2. The Bertz CT molecular complexity index is 669. The van der Waals surface area contributed by atoms with Gasteiger partial charge in [-0.15, -0.1) is 0 Å². The van der Waals surface area contributed by atoms with Crippen LogP contribution in [0.2, 0.25) is 0 Å². The van der Waals surface area contributed by atoms with Crippen molar-refractivity contribution in [3.8, 4) is 0 Å². The fourth-order valence-electron chi connectivity index (χ4n) is 2.03. The first kappa shape index (κ1) is 16.7. The van der Waals surface area contributed by atoms with Gasteiger partial charge in [-0.25, -0.2) is 9.78 Å². The summed E-state index contributed by atoms with van der Waals surface area (Å²) in [6, 6.07) is 9.21. The van der Waals surface area contributed by atoms with Crippen LogP contribution in [-0.4, -0.2) is 28.6 Å². The lowest BCUT2D eigenvalue weighted by Gasteiger charge is -2.12. The monoisotopic (exact) mass is 314 g/mol. The van der Waals surface area contributed by atoms with Gasteiger partial charge in [0.15, 0.2) is 0 Å². The minimum Gasteiger partial charge on any atom is -0.462 e. The van der Waals surface area contributed by atoms with E-state index in [-0.39, 0.29) is 5.97 Å². The SMILES string of the molecule is CCOC(=O)c1ccc(Nc2nc(C)cc(NC(C)C)n2)cc1. The van der Waals surface area contributed by atoms with Crippen LogP contribution < -0.4 is 10.6 Å². The van der Waals surface area contributed by atoms with Crippen molar-refractivity contribution in [2.45, 2.75) is 33.7 Å². The van der Waals surface area contributed by atoms with Crippen LogP contribution in [-0.2, 0) is 4.74 Å². The molecule has 1 aromatic carbocycles. The number of aryl methyl sites for hydroxylation is 1. The van der Waals surface area contributed by atoms with Crippen molar-refractivity contribution in [1.29, 1.82) is 0 Å². The van der Waals surface area contributed by atoms with Crippen molar-refractivity contribution < 1.29 is 9.53 Å². The van der Waals surface area contributed by atoms with Gasteiger partial charge in [-0.3, -0.25) is 0 Å². The van der Waals surface area contributed by atoms with E-state index in [0.717, 1.165) is 17.2 Å². The van der Waals surface area contributed by atoms with Crippen LogP contribution >= 0.6 is 0 Å². The quantitative estimate of drug-likeness (QED) is 0.794. The molecule has 0 radical (unpaired) electrons. The zero-order chi connectivity index (χ0) is 16.8. The number of anilines is 3. The van der Waals surface area contributed by atoms with Crippen LogP contribution in [0, 0.1) is 6.92 Å². The maximum atomic E-state index is 11.6. The first-order valence-corrected chi connectivity index (χ1v) is 7.64. The second-order valence-corrected chi connectivity index (χ2v) is 5.44. The van der Waals surface area contributed by atoms with Crippen LogP contribution in [0.25, 0.3) is 0 Å². The summed E-state index contributed by atoms with van der Waals surface area (Å²) < 4.78 is 4.96. The molecular weight excluding hydrogens is 292 g/mol. The molecule has 0 bridgehead atoms. The number of nitrogens with one attached hydrogen (secondary N) is 2. The zero-order valence-corrected chi connectivity index (χ0v) is 13.9. The number of nitrogens with zero attached hydrogens (tertiary/aromatic N) is 2. The maximum Gasteiger partial charge on any atom is 0.338 e. The fraction of sp³-hybridized carbons (Fsp3) is 0.353. The van der Waals surface area contributed by atoms with E-state index in [2.05, 4.69) is 34.4 Å². The Balaban J connectivity index is 2.12. The molecule has 1 heterocycles. The van der Waals surface area contributed by atoms with E-state index in [4.69, 9.17) is 4.74 Å². The van der Waals surface area contributed by atoms with Gasteiger partial charge in [0.2, 0.25) is 5.95 Å². The van der Waals surface area contributed by atoms with E-state index in [0.29, 0.717) is 24.2 Å². The lowest BCUT2D eigenvalue weighted by molar-refractivity contribution is 0.0526.